The number of nitrogens with zero attached hydrogens (tertiary/aromatic N) is 2. The second-order valence-corrected chi connectivity index (χ2v) is 6.63. The largest absolute Gasteiger partial charge is 0.304 e. The summed E-state index contributed by atoms with van der Waals surface area (Å²) in [6.07, 6.45) is 4.38. The Morgan fingerprint density at radius 1 is 1.25 bits per heavy atom. The molecule has 0 amide bonds. The maximum Gasteiger partial charge on any atom is 0.0762 e. The minimum Gasteiger partial charge on any atom is -0.304 e. The molecule has 0 aliphatic carbocycles. The SMILES string of the molecule is CCC(CC)n1ccc(CNC(C)c2ccc(C)s2)n1. The molecule has 110 valence electrons. The summed E-state index contributed by atoms with van der Waals surface area (Å²) in [5, 5.41) is 8.23. The summed E-state index contributed by atoms with van der Waals surface area (Å²) in [7, 11) is 0. The van der Waals surface area contributed by atoms with Crippen molar-refractivity contribution in [2.75, 3.05) is 0 Å². The molecule has 1 atom stereocenters. The molecule has 2 rings (SSSR count). The van der Waals surface area contributed by atoms with Gasteiger partial charge in [0, 0.05) is 28.5 Å². The van der Waals surface area contributed by atoms with E-state index in [4.69, 9.17) is 0 Å². The zero-order valence-electron chi connectivity index (χ0n) is 12.9. The number of nitrogens with one attached hydrogen (secondary N) is 1. The van der Waals surface area contributed by atoms with Crippen molar-refractivity contribution in [2.24, 2.45) is 0 Å². The summed E-state index contributed by atoms with van der Waals surface area (Å²) in [5.74, 6) is 0. The summed E-state index contributed by atoms with van der Waals surface area (Å²) >= 11 is 1.86. The van der Waals surface area contributed by atoms with Crippen molar-refractivity contribution in [1.29, 1.82) is 0 Å². The van der Waals surface area contributed by atoms with E-state index in [0.29, 0.717) is 12.1 Å². The maximum absolute atomic E-state index is 4.68. The zero-order valence-corrected chi connectivity index (χ0v) is 13.7. The second-order valence-electron chi connectivity index (χ2n) is 5.31. The first kappa shape index (κ1) is 15.3. The third-order valence-electron chi connectivity index (χ3n) is 3.76. The third-order valence-corrected chi connectivity index (χ3v) is 4.94. The monoisotopic (exact) mass is 291 g/mol. The molecule has 1 unspecified atom stereocenters. The molecule has 0 saturated heterocycles. The van der Waals surface area contributed by atoms with Crippen LogP contribution in [0.2, 0.25) is 0 Å². The van der Waals surface area contributed by atoms with E-state index in [1.807, 2.05) is 11.3 Å². The lowest BCUT2D eigenvalue weighted by Gasteiger charge is -2.13. The van der Waals surface area contributed by atoms with Crippen LogP contribution >= 0.6 is 11.3 Å². The van der Waals surface area contributed by atoms with E-state index in [9.17, 15) is 0 Å². The van der Waals surface area contributed by atoms with E-state index in [-0.39, 0.29) is 0 Å². The Labute approximate surface area is 126 Å². The van der Waals surface area contributed by atoms with Crippen molar-refractivity contribution < 1.29 is 0 Å². The predicted octanol–water partition coefficient (Wildman–Crippen LogP) is 4.46. The van der Waals surface area contributed by atoms with Gasteiger partial charge in [0.1, 0.15) is 0 Å². The van der Waals surface area contributed by atoms with E-state index in [1.165, 1.54) is 9.75 Å². The molecule has 0 spiro atoms. The number of hydrogen-bond acceptors (Lipinski definition) is 3. The average Bonchev–Trinajstić information content (AvgIpc) is 3.07. The molecule has 0 bridgehead atoms. The summed E-state index contributed by atoms with van der Waals surface area (Å²) in [6, 6.07) is 7.42. The molecule has 4 heteroatoms. The normalized spacial score (nSPS) is 13.1. The quantitative estimate of drug-likeness (QED) is 0.816. The highest BCUT2D eigenvalue weighted by atomic mass is 32.1. The second kappa shape index (κ2) is 7.04. The molecule has 20 heavy (non-hydrogen) atoms. The van der Waals surface area contributed by atoms with E-state index in [1.54, 1.807) is 0 Å². The topological polar surface area (TPSA) is 29.9 Å². The standard InChI is InChI=1S/C16H25N3S/c1-5-15(6-2)19-10-9-14(18-19)11-17-13(4)16-8-7-12(3)20-16/h7-10,13,15,17H,5-6,11H2,1-4H3. The van der Waals surface area contributed by atoms with Gasteiger partial charge in [-0.15, -0.1) is 11.3 Å². The van der Waals surface area contributed by atoms with Crippen molar-refractivity contribution in [3.05, 3.63) is 39.8 Å². The minimum absolute atomic E-state index is 0.381. The Balaban J connectivity index is 1.91. The number of aryl methyl sites for hydroxylation is 1. The Bertz CT molecular complexity index is 525. The first-order valence-corrected chi connectivity index (χ1v) is 8.29. The molecule has 2 aromatic rings. The lowest BCUT2D eigenvalue weighted by molar-refractivity contribution is 0.423. The van der Waals surface area contributed by atoms with Crippen molar-refractivity contribution in [3.8, 4) is 0 Å². The lowest BCUT2D eigenvalue weighted by atomic mass is 10.2. The van der Waals surface area contributed by atoms with Crippen molar-refractivity contribution in [2.45, 2.75) is 59.2 Å². The van der Waals surface area contributed by atoms with E-state index >= 15 is 0 Å². The Morgan fingerprint density at radius 2 is 2.00 bits per heavy atom. The molecule has 0 aliphatic rings. The van der Waals surface area contributed by atoms with E-state index in [0.717, 1.165) is 25.1 Å². The fourth-order valence-corrected chi connectivity index (χ4v) is 3.29. The molecule has 2 aromatic heterocycles. The number of thiophene rings is 1. The van der Waals surface area contributed by atoms with Crippen LogP contribution < -0.4 is 5.32 Å². The highest BCUT2D eigenvalue weighted by Crippen LogP contribution is 2.22. The number of rotatable bonds is 7. The minimum atomic E-state index is 0.381. The smallest absolute Gasteiger partial charge is 0.0762 e. The van der Waals surface area contributed by atoms with Gasteiger partial charge in [-0.05, 0) is 44.9 Å². The lowest BCUT2D eigenvalue weighted by Crippen LogP contribution is -2.18. The summed E-state index contributed by atoms with van der Waals surface area (Å²) in [4.78, 5) is 2.76. The van der Waals surface area contributed by atoms with Gasteiger partial charge >= 0.3 is 0 Å². The fraction of sp³-hybridized carbons (Fsp3) is 0.562. The van der Waals surface area contributed by atoms with Crippen LogP contribution in [0.4, 0.5) is 0 Å². The fourth-order valence-electron chi connectivity index (χ4n) is 2.38. The Kier molecular flexibility index (Phi) is 5.38. The van der Waals surface area contributed by atoms with Crippen molar-refractivity contribution in [1.82, 2.24) is 15.1 Å². The predicted molar refractivity (Wildman–Crippen MR) is 86.2 cm³/mol. The first-order valence-electron chi connectivity index (χ1n) is 7.47. The molecule has 0 radical (unpaired) electrons. The van der Waals surface area contributed by atoms with Crippen LogP contribution in [0.1, 0.15) is 61.1 Å². The molecular weight excluding hydrogens is 266 g/mol. The first-order chi connectivity index (χ1) is 9.63. The number of aromatic nitrogens is 2. The third kappa shape index (κ3) is 3.70. The van der Waals surface area contributed by atoms with Gasteiger partial charge in [-0.3, -0.25) is 4.68 Å². The van der Waals surface area contributed by atoms with Crippen LogP contribution in [0.15, 0.2) is 24.4 Å². The van der Waals surface area contributed by atoms with E-state index in [2.05, 4.69) is 67.2 Å². The molecule has 0 saturated carbocycles. The average molecular weight is 291 g/mol. The van der Waals surface area contributed by atoms with Crippen LogP contribution in [0.25, 0.3) is 0 Å². The maximum atomic E-state index is 4.68. The highest BCUT2D eigenvalue weighted by Gasteiger charge is 2.10. The van der Waals surface area contributed by atoms with Gasteiger partial charge in [-0.1, -0.05) is 13.8 Å². The van der Waals surface area contributed by atoms with Gasteiger partial charge in [-0.25, -0.2) is 0 Å². The molecular formula is C16H25N3S. The van der Waals surface area contributed by atoms with Gasteiger partial charge in [0.05, 0.1) is 11.7 Å². The molecule has 0 aromatic carbocycles. The van der Waals surface area contributed by atoms with Crippen molar-refractivity contribution >= 4 is 11.3 Å². The van der Waals surface area contributed by atoms with Gasteiger partial charge in [0.25, 0.3) is 0 Å². The molecule has 0 aliphatic heterocycles. The molecule has 0 fully saturated rings. The van der Waals surface area contributed by atoms with Crippen LogP contribution in [0, 0.1) is 6.92 Å². The molecule has 1 N–H and O–H groups in total. The van der Waals surface area contributed by atoms with Crippen molar-refractivity contribution in [3.63, 3.8) is 0 Å². The highest BCUT2D eigenvalue weighted by molar-refractivity contribution is 7.12. The van der Waals surface area contributed by atoms with Crippen LogP contribution in [0.5, 0.6) is 0 Å². The zero-order chi connectivity index (χ0) is 14.5. The van der Waals surface area contributed by atoms with Gasteiger partial charge in [-0.2, -0.15) is 5.10 Å². The Morgan fingerprint density at radius 3 is 2.60 bits per heavy atom. The summed E-state index contributed by atoms with van der Waals surface area (Å²) < 4.78 is 2.11. The van der Waals surface area contributed by atoms with Gasteiger partial charge in [0.2, 0.25) is 0 Å². The molecule has 2 heterocycles. The number of hydrogen-bond donors (Lipinski definition) is 1. The summed E-state index contributed by atoms with van der Waals surface area (Å²) in [6.45, 7) is 9.62. The van der Waals surface area contributed by atoms with Gasteiger partial charge in [0.15, 0.2) is 0 Å². The Hall–Kier alpha value is -1.13. The molecule has 3 nitrogen and oxygen atoms in total. The van der Waals surface area contributed by atoms with E-state index < -0.39 is 0 Å². The van der Waals surface area contributed by atoms with Crippen LogP contribution in [-0.4, -0.2) is 9.78 Å². The summed E-state index contributed by atoms with van der Waals surface area (Å²) in [5.41, 5.74) is 1.12. The van der Waals surface area contributed by atoms with Crippen LogP contribution in [0.3, 0.4) is 0 Å². The van der Waals surface area contributed by atoms with Gasteiger partial charge < -0.3 is 5.32 Å². The van der Waals surface area contributed by atoms with Crippen LogP contribution in [-0.2, 0) is 6.54 Å².